The number of esters is 1. The van der Waals surface area contributed by atoms with Gasteiger partial charge in [0.1, 0.15) is 12.6 Å². The summed E-state index contributed by atoms with van der Waals surface area (Å²) in [5, 5.41) is 12.2. The standard InChI is InChI=1S/C38H61NO5/c1-23(2)25-14-19-38(33(43)39-22-30(40)41)21-20-36(6)26(31(25)38)12-13-28-35(5)17-16-29(44-32(42)24-10-8-9-11-24)34(3,4)27(35)15-18-37(28,36)7/h23-29,31H,8-22H2,1-7H3,(H,39,43)(H,40,41)/t25?,26?,27?,28?,29-,31?,35?,36-,37?,38+/m1/s1. The smallest absolute Gasteiger partial charge is 0.322 e. The fraction of sp³-hybridized carbons (Fsp3) is 0.921. The highest BCUT2D eigenvalue weighted by molar-refractivity contribution is 5.86. The third-order valence-corrected chi connectivity index (χ3v) is 16.1. The molecule has 0 aromatic rings. The summed E-state index contributed by atoms with van der Waals surface area (Å²) in [4.78, 5) is 38.5. The number of carbonyl (C=O) groups excluding carboxylic acids is 2. The molecule has 6 aliphatic carbocycles. The lowest BCUT2D eigenvalue weighted by molar-refractivity contribution is -0.250. The van der Waals surface area contributed by atoms with Crippen LogP contribution in [-0.2, 0) is 19.1 Å². The third kappa shape index (κ3) is 4.55. The quantitative estimate of drug-likeness (QED) is 0.297. The Balaban J connectivity index is 1.28. The molecule has 6 rings (SSSR count). The van der Waals surface area contributed by atoms with Crippen molar-refractivity contribution in [3.05, 3.63) is 0 Å². The number of amides is 1. The summed E-state index contributed by atoms with van der Waals surface area (Å²) >= 11 is 0. The molecule has 7 unspecified atom stereocenters. The van der Waals surface area contributed by atoms with Gasteiger partial charge >= 0.3 is 11.9 Å². The van der Waals surface area contributed by atoms with Crippen molar-refractivity contribution < 1.29 is 24.2 Å². The SMILES string of the molecule is CC(C)C1CC[C@]2(C(=O)NCC(=O)O)CC[C@]3(C)C(CCC4C5(C)CC[C@@H](OC(=O)C6CCCC6)C(C)(C)C5CCC43C)C12. The first-order valence-corrected chi connectivity index (χ1v) is 18.3. The Morgan fingerprint density at radius 2 is 1.50 bits per heavy atom. The number of hydrogen-bond acceptors (Lipinski definition) is 4. The van der Waals surface area contributed by atoms with E-state index in [0.717, 1.165) is 64.2 Å². The molecule has 0 radical (unpaired) electrons. The van der Waals surface area contributed by atoms with Gasteiger partial charge < -0.3 is 15.2 Å². The minimum absolute atomic E-state index is 0.00488. The maximum Gasteiger partial charge on any atom is 0.322 e. The number of carboxylic acid groups (broad SMARTS) is 1. The summed E-state index contributed by atoms with van der Waals surface area (Å²) in [5.74, 6) is 2.19. The van der Waals surface area contributed by atoms with Crippen LogP contribution < -0.4 is 5.32 Å². The molecule has 0 aliphatic heterocycles. The van der Waals surface area contributed by atoms with Gasteiger partial charge in [-0.05, 0) is 129 Å². The first kappa shape index (κ1) is 32.4. The molecule has 0 aromatic carbocycles. The normalized spacial score (nSPS) is 46.4. The Kier molecular flexibility index (Phi) is 8.09. The molecule has 6 aliphatic rings. The number of carbonyl (C=O) groups is 3. The van der Waals surface area contributed by atoms with Gasteiger partial charge in [0, 0.05) is 5.41 Å². The molecule has 0 saturated heterocycles. The van der Waals surface area contributed by atoms with Crippen LogP contribution in [0.1, 0.15) is 138 Å². The summed E-state index contributed by atoms with van der Waals surface area (Å²) in [5.41, 5.74) is 0.0822. The van der Waals surface area contributed by atoms with E-state index < -0.39 is 11.4 Å². The molecule has 6 fully saturated rings. The highest BCUT2D eigenvalue weighted by Gasteiger charge is 2.72. The summed E-state index contributed by atoms with van der Waals surface area (Å²) < 4.78 is 6.39. The van der Waals surface area contributed by atoms with Crippen molar-refractivity contribution in [3.8, 4) is 0 Å². The van der Waals surface area contributed by atoms with Gasteiger partial charge in [0.25, 0.3) is 0 Å². The zero-order valence-electron chi connectivity index (χ0n) is 28.8. The molecule has 0 heterocycles. The molecule has 6 saturated carbocycles. The second kappa shape index (κ2) is 11.0. The van der Waals surface area contributed by atoms with Crippen molar-refractivity contribution in [1.29, 1.82) is 0 Å². The van der Waals surface area contributed by atoms with Gasteiger partial charge in [-0.1, -0.05) is 61.3 Å². The zero-order valence-corrected chi connectivity index (χ0v) is 28.8. The molecule has 44 heavy (non-hydrogen) atoms. The fourth-order valence-corrected chi connectivity index (χ4v) is 13.7. The molecule has 248 valence electrons. The van der Waals surface area contributed by atoms with Crippen LogP contribution in [0.5, 0.6) is 0 Å². The maximum absolute atomic E-state index is 13.9. The second-order valence-electron chi connectivity index (χ2n) is 18.1. The van der Waals surface area contributed by atoms with Gasteiger partial charge in [0.15, 0.2) is 0 Å². The van der Waals surface area contributed by atoms with Crippen LogP contribution in [-0.4, -0.2) is 35.6 Å². The van der Waals surface area contributed by atoms with Gasteiger partial charge in [-0.3, -0.25) is 14.4 Å². The highest BCUT2D eigenvalue weighted by atomic mass is 16.5. The number of carboxylic acids is 1. The van der Waals surface area contributed by atoms with E-state index >= 15 is 0 Å². The zero-order chi connectivity index (χ0) is 31.9. The largest absolute Gasteiger partial charge is 0.480 e. The third-order valence-electron chi connectivity index (χ3n) is 16.1. The van der Waals surface area contributed by atoms with Gasteiger partial charge in [-0.2, -0.15) is 0 Å². The minimum Gasteiger partial charge on any atom is -0.480 e. The Labute approximate surface area is 266 Å². The van der Waals surface area contributed by atoms with E-state index in [1.165, 1.54) is 25.7 Å². The number of hydrogen-bond donors (Lipinski definition) is 2. The van der Waals surface area contributed by atoms with Crippen LogP contribution in [0.4, 0.5) is 0 Å². The van der Waals surface area contributed by atoms with Crippen LogP contribution in [0.25, 0.3) is 0 Å². The summed E-state index contributed by atoms with van der Waals surface area (Å²) in [6, 6.07) is 0. The molecule has 0 spiro atoms. The van der Waals surface area contributed by atoms with E-state index in [4.69, 9.17) is 4.74 Å². The van der Waals surface area contributed by atoms with Crippen LogP contribution >= 0.6 is 0 Å². The van der Waals surface area contributed by atoms with Gasteiger partial charge in [0.05, 0.1) is 11.3 Å². The van der Waals surface area contributed by atoms with Crippen molar-refractivity contribution >= 4 is 17.8 Å². The van der Waals surface area contributed by atoms with Crippen LogP contribution in [0.2, 0.25) is 0 Å². The minimum atomic E-state index is -0.964. The van der Waals surface area contributed by atoms with E-state index in [9.17, 15) is 19.5 Å². The van der Waals surface area contributed by atoms with E-state index in [1.54, 1.807) is 0 Å². The molecule has 6 heteroatoms. The number of nitrogens with one attached hydrogen (secondary N) is 1. The summed E-state index contributed by atoms with van der Waals surface area (Å²) in [6.45, 7) is 17.0. The lowest BCUT2D eigenvalue weighted by atomic mass is 9.32. The second-order valence-corrected chi connectivity index (χ2v) is 18.1. The maximum atomic E-state index is 13.9. The average Bonchev–Trinajstić information content (AvgIpc) is 3.63. The molecular weight excluding hydrogens is 550 g/mol. The monoisotopic (exact) mass is 611 g/mol. The van der Waals surface area contributed by atoms with Crippen molar-refractivity contribution in [2.45, 2.75) is 144 Å². The molecule has 1 amide bonds. The average molecular weight is 612 g/mol. The molecular formula is C38H61NO5. The van der Waals surface area contributed by atoms with Crippen LogP contribution in [0.3, 0.4) is 0 Å². The number of aliphatic carboxylic acids is 1. The van der Waals surface area contributed by atoms with Crippen molar-refractivity contribution in [2.24, 2.45) is 68.5 Å². The highest BCUT2D eigenvalue weighted by Crippen LogP contribution is 2.77. The van der Waals surface area contributed by atoms with E-state index in [-0.39, 0.29) is 52.1 Å². The number of rotatable bonds is 6. The topological polar surface area (TPSA) is 92.7 Å². The van der Waals surface area contributed by atoms with Crippen LogP contribution in [0.15, 0.2) is 0 Å². The van der Waals surface area contributed by atoms with E-state index in [2.05, 4.69) is 53.8 Å². The van der Waals surface area contributed by atoms with Crippen molar-refractivity contribution in [3.63, 3.8) is 0 Å². The fourth-order valence-electron chi connectivity index (χ4n) is 13.7. The van der Waals surface area contributed by atoms with Crippen molar-refractivity contribution in [2.75, 3.05) is 6.54 Å². The lowest BCUT2D eigenvalue weighted by Crippen LogP contribution is -2.67. The molecule has 6 nitrogen and oxygen atoms in total. The summed E-state index contributed by atoms with van der Waals surface area (Å²) in [7, 11) is 0. The van der Waals surface area contributed by atoms with Crippen LogP contribution in [0, 0.1) is 68.5 Å². The Morgan fingerprint density at radius 3 is 2.16 bits per heavy atom. The Morgan fingerprint density at radius 1 is 0.795 bits per heavy atom. The first-order chi connectivity index (χ1) is 20.6. The Hall–Kier alpha value is -1.59. The molecule has 0 aromatic heterocycles. The number of ether oxygens (including phenoxy) is 1. The van der Waals surface area contributed by atoms with E-state index in [1.807, 2.05) is 0 Å². The number of fused-ring (bicyclic) bond motifs is 7. The van der Waals surface area contributed by atoms with Gasteiger partial charge in [0.2, 0.25) is 5.91 Å². The first-order valence-electron chi connectivity index (χ1n) is 18.3. The van der Waals surface area contributed by atoms with Gasteiger partial charge in [-0.25, -0.2) is 0 Å². The Bertz CT molecular complexity index is 1160. The molecule has 0 bridgehead atoms. The predicted octanol–water partition coefficient (Wildman–Crippen LogP) is 8.03. The summed E-state index contributed by atoms with van der Waals surface area (Å²) in [6.07, 6.45) is 15.1. The lowest BCUT2D eigenvalue weighted by Gasteiger charge is -2.73. The molecule has 2 N–H and O–H groups in total. The predicted molar refractivity (Wildman–Crippen MR) is 171 cm³/mol. The van der Waals surface area contributed by atoms with Gasteiger partial charge in [-0.15, -0.1) is 0 Å². The van der Waals surface area contributed by atoms with E-state index in [0.29, 0.717) is 35.5 Å². The molecule has 10 atom stereocenters. The van der Waals surface area contributed by atoms with Crippen molar-refractivity contribution in [1.82, 2.24) is 5.32 Å².